The molecular formula is C20H27O2P. The molecule has 2 rings (SSSR count). The largest absolute Gasteiger partial charge is 0.508 e. The monoisotopic (exact) mass is 330 g/mol. The molecule has 0 aliphatic carbocycles. The lowest BCUT2D eigenvalue weighted by Gasteiger charge is -2.15. The van der Waals surface area contributed by atoms with Gasteiger partial charge in [-0.3, -0.25) is 0 Å². The van der Waals surface area contributed by atoms with Gasteiger partial charge < -0.3 is 9.67 Å². The maximum Gasteiger partial charge on any atom is 0.119 e. The average molecular weight is 330 g/mol. The Kier molecular flexibility index (Phi) is 5.70. The summed E-state index contributed by atoms with van der Waals surface area (Å²) in [6, 6.07) is 10.2. The quantitative estimate of drug-likeness (QED) is 0.744. The number of hydrogen-bond acceptors (Lipinski definition) is 2. The number of hydrogen-bond donors (Lipinski definition) is 1. The minimum atomic E-state index is -1.49. The van der Waals surface area contributed by atoms with Gasteiger partial charge in [0.25, 0.3) is 0 Å². The van der Waals surface area contributed by atoms with Crippen molar-refractivity contribution in [1.82, 2.24) is 0 Å². The Morgan fingerprint density at radius 1 is 1.04 bits per heavy atom. The van der Waals surface area contributed by atoms with Gasteiger partial charge in [0.15, 0.2) is 0 Å². The van der Waals surface area contributed by atoms with Gasteiger partial charge in [-0.2, -0.15) is 0 Å². The maximum absolute atomic E-state index is 11.5. The van der Waals surface area contributed by atoms with Gasteiger partial charge in [0.05, 0.1) is 7.80 Å². The number of aryl methyl sites for hydroxylation is 2. The number of phenolic OH excluding ortho intramolecular Hbond substituents is 1. The summed E-state index contributed by atoms with van der Waals surface area (Å²) in [7, 11) is -1.49. The van der Waals surface area contributed by atoms with Crippen molar-refractivity contribution in [2.24, 2.45) is 0 Å². The molecule has 124 valence electrons. The van der Waals surface area contributed by atoms with E-state index in [1.165, 1.54) is 27.8 Å². The second kappa shape index (κ2) is 7.36. The summed E-state index contributed by atoms with van der Waals surface area (Å²) in [5, 5.41) is 9.97. The number of rotatable bonds is 5. The molecule has 1 atom stereocenters. The van der Waals surface area contributed by atoms with Crippen LogP contribution in [0.25, 0.3) is 0 Å². The zero-order valence-electron chi connectivity index (χ0n) is 14.7. The highest BCUT2D eigenvalue weighted by atomic mass is 31.1. The highest BCUT2D eigenvalue weighted by Crippen LogP contribution is 2.29. The van der Waals surface area contributed by atoms with E-state index in [2.05, 4.69) is 45.9 Å². The van der Waals surface area contributed by atoms with Crippen LogP contribution in [-0.4, -0.2) is 11.8 Å². The molecule has 0 saturated carbocycles. The van der Waals surface area contributed by atoms with E-state index in [1.807, 2.05) is 12.7 Å². The molecule has 2 nitrogen and oxygen atoms in total. The molecule has 0 heterocycles. The minimum Gasteiger partial charge on any atom is -0.508 e. The molecule has 0 bridgehead atoms. The summed E-state index contributed by atoms with van der Waals surface area (Å²) in [6.07, 6.45) is 1.54. The lowest BCUT2D eigenvalue weighted by atomic mass is 9.92. The second-order valence-corrected chi connectivity index (χ2v) is 8.57. The van der Waals surface area contributed by atoms with E-state index < -0.39 is 7.80 Å². The molecule has 0 fully saturated rings. The first-order valence-corrected chi connectivity index (χ1v) is 10.3. The highest BCUT2D eigenvalue weighted by Gasteiger charge is 2.11. The lowest BCUT2D eigenvalue weighted by molar-refractivity contribution is 0.464. The molecule has 1 unspecified atom stereocenters. The van der Waals surface area contributed by atoms with Crippen LogP contribution in [0.5, 0.6) is 5.75 Å². The van der Waals surface area contributed by atoms with Crippen molar-refractivity contribution in [3.05, 3.63) is 63.7 Å². The third-order valence-electron chi connectivity index (χ3n) is 4.30. The van der Waals surface area contributed by atoms with Crippen LogP contribution < -0.4 is 0 Å². The molecule has 0 radical (unpaired) electrons. The SMILES string of the molecule is Cc1cc(C[PH](C)=O)cc(C)c1Cc1ccc(O)c(C(C)C)c1. The summed E-state index contributed by atoms with van der Waals surface area (Å²) in [5.74, 6) is 0.683. The first-order chi connectivity index (χ1) is 10.8. The van der Waals surface area contributed by atoms with E-state index in [1.54, 1.807) is 6.07 Å². The van der Waals surface area contributed by atoms with Crippen LogP contribution in [0.2, 0.25) is 0 Å². The van der Waals surface area contributed by atoms with E-state index in [0.717, 1.165) is 12.0 Å². The molecule has 0 saturated heterocycles. The Hall–Kier alpha value is -1.53. The Morgan fingerprint density at radius 2 is 1.65 bits per heavy atom. The van der Waals surface area contributed by atoms with Crippen molar-refractivity contribution in [3.8, 4) is 5.75 Å². The number of phenols is 1. The predicted molar refractivity (Wildman–Crippen MR) is 99.5 cm³/mol. The van der Waals surface area contributed by atoms with E-state index in [9.17, 15) is 9.67 Å². The first kappa shape index (κ1) is 17.8. The van der Waals surface area contributed by atoms with Crippen molar-refractivity contribution in [1.29, 1.82) is 0 Å². The predicted octanol–water partition coefficient (Wildman–Crippen LogP) is 5.41. The van der Waals surface area contributed by atoms with E-state index >= 15 is 0 Å². The van der Waals surface area contributed by atoms with Crippen LogP contribution in [0.4, 0.5) is 0 Å². The Labute approximate surface area is 140 Å². The molecule has 0 spiro atoms. The lowest BCUT2D eigenvalue weighted by Crippen LogP contribution is -1.99. The third kappa shape index (κ3) is 4.48. The summed E-state index contributed by atoms with van der Waals surface area (Å²) in [6.45, 7) is 10.3. The van der Waals surface area contributed by atoms with Crippen LogP contribution in [0, 0.1) is 13.8 Å². The fraction of sp³-hybridized carbons (Fsp3) is 0.400. The molecule has 0 aliphatic heterocycles. The summed E-state index contributed by atoms with van der Waals surface area (Å²) >= 11 is 0. The van der Waals surface area contributed by atoms with E-state index in [4.69, 9.17) is 0 Å². The van der Waals surface area contributed by atoms with Gasteiger partial charge in [0.1, 0.15) is 5.75 Å². The van der Waals surface area contributed by atoms with E-state index in [0.29, 0.717) is 17.8 Å². The maximum atomic E-state index is 11.5. The zero-order chi connectivity index (χ0) is 17.1. The van der Waals surface area contributed by atoms with Crippen molar-refractivity contribution in [2.45, 2.75) is 46.2 Å². The van der Waals surface area contributed by atoms with Crippen molar-refractivity contribution in [2.75, 3.05) is 6.66 Å². The summed E-state index contributed by atoms with van der Waals surface area (Å²) in [4.78, 5) is 0. The smallest absolute Gasteiger partial charge is 0.119 e. The van der Waals surface area contributed by atoms with Gasteiger partial charge in [-0.1, -0.05) is 38.1 Å². The van der Waals surface area contributed by atoms with Gasteiger partial charge in [-0.05, 0) is 72.3 Å². The average Bonchev–Trinajstić information content (AvgIpc) is 2.43. The molecule has 2 aromatic carbocycles. The topological polar surface area (TPSA) is 37.3 Å². The van der Waals surface area contributed by atoms with Gasteiger partial charge >= 0.3 is 0 Å². The molecule has 0 amide bonds. The fourth-order valence-corrected chi connectivity index (χ4v) is 3.91. The Bertz CT molecular complexity index is 709. The van der Waals surface area contributed by atoms with Crippen LogP contribution in [0.3, 0.4) is 0 Å². The molecule has 3 heteroatoms. The zero-order valence-corrected chi connectivity index (χ0v) is 15.7. The number of benzene rings is 2. The molecular weight excluding hydrogens is 303 g/mol. The Balaban J connectivity index is 2.33. The second-order valence-electron chi connectivity index (χ2n) is 6.81. The molecule has 23 heavy (non-hydrogen) atoms. The molecule has 2 aromatic rings. The third-order valence-corrected chi connectivity index (χ3v) is 5.21. The standard InChI is InChI=1S/C20H27O2P/c1-13(2)18-10-16(6-7-20(18)21)11-19-14(3)8-17(9-15(19)4)12-23(5)22/h6-10,13,21,23H,11-12H2,1-5H3. The van der Waals surface area contributed by atoms with Gasteiger partial charge in [0, 0.05) is 6.16 Å². The summed E-state index contributed by atoms with van der Waals surface area (Å²) < 4.78 is 11.5. The van der Waals surface area contributed by atoms with Gasteiger partial charge in [-0.25, -0.2) is 0 Å². The van der Waals surface area contributed by atoms with Gasteiger partial charge in [0.2, 0.25) is 0 Å². The highest BCUT2D eigenvalue weighted by molar-refractivity contribution is 7.42. The van der Waals surface area contributed by atoms with Crippen molar-refractivity contribution >= 4 is 7.80 Å². The summed E-state index contributed by atoms with van der Waals surface area (Å²) in [5.41, 5.74) is 7.21. The van der Waals surface area contributed by atoms with Crippen LogP contribution in [0.1, 0.15) is 53.1 Å². The van der Waals surface area contributed by atoms with Crippen molar-refractivity contribution in [3.63, 3.8) is 0 Å². The van der Waals surface area contributed by atoms with Crippen LogP contribution in [-0.2, 0) is 17.1 Å². The van der Waals surface area contributed by atoms with Crippen LogP contribution in [0.15, 0.2) is 30.3 Å². The first-order valence-electron chi connectivity index (χ1n) is 8.18. The normalized spacial score (nSPS) is 12.6. The molecule has 1 N–H and O–H groups in total. The Morgan fingerprint density at radius 3 is 2.17 bits per heavy atom. The van der Waals surface area contributed by atoms with Gasteiger partial charge in [-0.15, -0.1) is 0 Å². The molecule has 0 aliphatic rings. The fourth-order valence-electron chi connectivity index (χ4n) is 3.13. The number of aromatic hydroxyl groups is 1. The molecule has 0 aromatic heterocycles. The van der Waals surface area contributed by atoms with E-state index in [-0.39, 0.29) is 0 Å². The van der Waals surface area contributed by atoms with Crippen LogP contribution >= 0.6 is 7.80 Å². The van der Waals surface area contributed by atoms with Crippen molar-refractivity contribution < 1.29 is 9.67 Å². The minimum absolute atomic E-state index is 0.307.